The largest absolute Gasteiger partial charge is 0.416 e. The molecule has 30 heavy (non-hydrogen) atoms. The van der Waals surface area contributed by atoms with E-state index in [1.165, 1.54) is 29.5 Å². The van der Waals surface area contributed by atoms with Crippen LogP contribution in [0.1, 0.15) is 31.2 Å². The quantitative estimate of drug-likeness (QED) is 0.481. The molecule has 2 aromatic carbocycles. The van der Waals surface area contributed by atoms with Crippen molar-refractivity contribution in [1.82, 2.24) is 5.32 Å². The van der Waals surface area contributed by atoms with Gasteiger partial charge in [-0.3, -0.25) is 9.59 Å². The smallest absolute Gasteiger partial charge is 0.348 e. The number of rotatable bonds is 5. The standard InChI is InChI=1S/C20H13ClF4N2O2S/c21-15-6-4-11(8-16(15)27-19(29)17-2-1-7-30-17)18(28)26-10-12-3-5-13(22)9-14(12)20(23,24)25/h1-9H,10H2,(H,26,28)(H,27,29). The summed E-state index contributed by atoms with van der Waals surface area (Å²) in [5, 5.41) is 6.86. The van der Waals surface area contributed by atoms with Crippen molar-refractivity contribution in [2.24, 2.45) is 0 Å². The van der Waals surface area contributed by atoms with Gasteiger partial charge in [-0.2, -0.15) is 13.2 Å². The van der Waals surface area contributed by atoms with Crippen molar-refractivity contribution < 1.29 is 27.2 Å². The SMILES string of the molecule is O=C(NCc1ccc(F)cc1C(F)(F)F)c1ccc(Cl)c(NC(=O)c2cccs2)c1. The Labute approximate surface area is 177 Å². The molecule has 0 aliphatic rings. The highest BCUT2D eigenvalue weighted by atomic mass is 35.5. The van der Waals surface area contributed by atoms with Crippen LogP contribution < -0.4 is 10.6 Å². The van der Waals surface area contributed by atoms with Gasteiger partial charge in [-0.25, -0.2) is 4.39 Å². The van der Waals surface area contributed by atoms with Gasteiger partial charge in [-0.1, -0.05) is 23.7 Å². The maximum Gasteiger partial charge on any atom is 0.416 e. The van der Waals surface area contributed by atoms with E-state index >= 15 is 0 Å². The molecule has 3 rings (SSSR count). The summed E-state index contributed by atoms with van der Waals surface area (Å²) in [4.78, 5) is 25.0. The molecule has 10 heteroatoms. The molecule has 1 aromatic heterocycles. The van der Waals surface area contributed by atoms with E-state index in [2.05, 4.69) is 10.6 Å². The Morgan fingerprint density at radius 1 is 1.03 bits per heavy atom. The van der Waals surface area contributed by atoms with Crippen molar-refractivity contribution >= 4 is 40.4 Å². The fourth-order valence-corrected chi connectivity index (χ4v) is 3.38. The number of nitrogens with one attached hydrogen (secondary N) is 2. The molecule has 0 aliphatic carbocycles. The van der Waals surface area contributed by atoms with E-state index in [9.17, 15) is 27.2 Å². The van der Waals surface area contributed by atoms with Crippen LogP contribution >= 0.6 is 22.9 Å². The van der Waals surface area contributed by atoms with E-state index < -0.39 is 35.9 Å². The molecule has 156 valence electrons. The van der Waals surface area contributed by atoms with Crippen molar-refractivity contribution in [2.45, 2.75) is 12.7 Å². The number of amides is 2. The summed E-state index contributed by atoms with van der Waals surface area (Å²) in [6.45, 7) is -0.465. The highest BCUT2D eigenvalue weighted by molar-refractivity contribution is 7.12. The number of halogens is 5. The fraction of sp³-hybridized carbons (Fsp3) is 0.100. The Balaban J connectivity index is 1.75. The number of benzene rings is 2. The van der Waals surface area contributed by atoms with Crippen LogP contribution in [0.25, 0.3) is 0 Å². The molecule has 0 atom stereocenters. The molecule has 0 saturated carbocycles. The maximum absolute atomic E-state index is 13.2. The number of hydrogen-bond donors (Lipinski definition) is 2. The Bertz CT molecular complexity index is 1080. The van der Waals surface area contributed by atoms with Crippen molar-refractivity contribution in [1.29, 1.82) is 0 Å². The second-order valence-electron chi connectivity index (χ2n) is 6.11. The zero-order chi connectivity index (χ0) is 21.9. The predicted octanol–water partition coefficient (Wildman–Crippen LogP) is 5.74. The van der Waals surface area contributed by atoms with E-state index in [0.717, 1.165) is 12.1 Å². The summed E-state index contributed by atoms with van der Waals surface area (Å²) >= 11 is 7.29. The van der Waals surface area contributed by atoms with Crippen molar-refractivity contribution in [2.75, 3.05) is 5.32 Å². The number of thiophene rings is 1. The summed E-state index contributed by atoms with van der Waals surface area (Å²) in [5.74, 6) is -2.12. The molecule has 0 spiro atoms. The molecule has 1 heterocycles. The van der Waals surface area contributed by atoms with Gasteiger partial charge in [0.2, 0.25) is 0 Å². The molecular weight excluding hydrogens is 444 g/mol. The Morgan fingerprint density at radius 3 is 2.47 bits per heavy atom. The first-order valence-electron chi connectivity index (χ1n) is 8.43. The zero-order valence-electron chi connectivity index (χ0n) is 15.0. The molecule has 0 aliphatic heterocycles. The van der Waals surface area contributed by atoms with Gasteiger partial charge < -0.3 is 10.6 Å². The van der Waals surface area contributed by atoms with Crippen molar-refractivity contribution in [3.63, 3.8) is 0 Å². The summed E-state index contributed by atoms with van der Waals surface area (Å²) in [7, 11) is 0. The third-order valence-electron chi connectivity index (χ3n) is 4.04. The van der Waals surface area contributed by atoms with E-state index in [4.69, 9.17) is 11.6 Å². The lowest BCUT2D eigenvalue weighted by molar-refractivity contribution is -0.138. The first-order valence-corrected chi connectivity index (χ1v) is 9.69. The molecule has 0 fully saturated rings. The van der Waals surface area contributed by atoms with Crippen LogP contribution in [0.15, 0.2) is 53.9 Å². The normalized spacial score (nSPS) is 11.2. The lowest BCUT2D eigenvalue weighted by atomic mass is 10.1. The van der Waals surface area contributed by atoms with Gasteiger partial charge in [0.25, 0.3) is 11.8 Å². The Hall–Kier alpha value is -2.91. The average Bonchev–Trinajstić information content (AvgIpc) is 3.22. The molecule has 4 nitrogen and oxygen atoms in total. The number of hydrogen-bond acceptors (Lipinski definition) is 3. The molecule has 0 radical (unpaired) electrons. The van der Waals surface area contributed by atoms with Gasteiger partial charge in [0, 0.05) is 12.1 Å². The molecule has 0 bridgehead atoms. The summed E-state index contributed by atoms with van der Waals surface area (Å²) in [5.41, 5.74) is -1.18. The topological polar surface area (TPSA) is 58.2 Å². The minimum absolute atomic E-state index is 0.0801. The third kappa shape index (κ3) is 5.17. The average molecular weight is 457 g/mol. The van der Waals surface area contributed by atoms with Gasteiger partial charge in [-0.05, 0) is 47.3 Å². The second-order valence-corrected chi connectivity index (χ2v) is 7.46. The molecule has 0 saturated heterocycles. The Kier molecular flexibility index (Phi) is 6.42. The lowest BCUT2D eigenvalue weighted by Gasteiger charge is -2.14. The third-order valence-corrected chi connectivity index (χ3v) is 5.24. The van der Waals surface area contributed by atoms with Gasteiger partial charge in [-0.15, -0.1) is 11.3 Å². The van der Waals surface area contributed by atoms with Gasteiger partial charge in [0.15, 0.2) is 0 Å². The molecule has 0 unspecified atom stereocenters. The first kappa shape index (κ1) is 21.8. The van der Waals surface area contributed by atoms with Crippen LogP contribution in [0.5, 0.6) is 0 Å². The highest BCUT2D eigenvalue weighted by Crippen LogP contribution is 2.32. The summed E-state index contributed by atoms with van der Waals surface area (Å²) in [6, 6.07) is 9.62. The number of carbonyl (C=O) groups is 2. The van der Waals surface area contributed by atoms with E-state index in [1.54, 1.807) is 17.5 Å². The summed E-state index contributed by atoms with van der Waals surface area (Å²) in [6.07, 6.45) is -4.76. The predicted molar refractivity (Wildman–Crippen MR) is 106 cm³/mol. The maximum atomic E-state index is 13.2. The van der Waals surface area contributed by atoms with Crippen LogP contribution in [0.4, 0.5) is 23.2 Å². The Morgan fingerprint density at radius 2 is 1.80 bits per heavy atom. The highest BCUT2D eigenvalue weighted by Gasteiger charge is 2.33. The molecule has 2 amide bonds. The van der Waals surface area contributed by atoms with Crippen LogP contribution in [0, 0.1) is 5.82 Å². The van der Waals surface area contributed by atoms with E-state index in [0.29, 0.717) is 10.9 Å². The van der Waals surface area contributed by atoms with Crippen molar-refractivity contribution in [3.8, 4) is 0 Å². The van der Waals surface area contributed by atoms with Crippen molar-refractivity contribution in [3.05, 3.63) is 86.3 Å². The lowest BCUT2D eigenvalue weighted by Crippen LogP contribution is -2.25. The molecular formula is C20H13ClF4N2O2S. The van der Waals surface area contributed by atoms with Crippen LogP contribution in [0.2, 0.25) is 5.02 Å². The zero-order valence-corrected chi connectivity index (χ0v) is 16.6. The van der Waals surface area contributed by atoms with Crippen LogP contribution in [-0.4, -0.2) is 11.8 Å². The monoisotopic (exact) mass is 456 g/mol. The van der Waals surface area contributed by atoms with Gasteiger partial charge in [0.1, 0.15) is 5.82 Å². The first-order chi connectivity index (χ1) is 14.1. The number of alkyl halides is 3. The van der Waals surface area contributed by atoms with Crippen LogP contribution in [0.3, 0.4) is 0 Å². The van der Waals surface area contributed by atoms with E-state index in [-0.39, 0.29) is 21.8 Å². The number of carbonyl (C=O) groups excluding carboxylic acids is 2. The second kappa shape index (κ2) is 8.85. The minimum atomic E-state index is -4.76. The van der Waals surface area contributed by atoms with Gasteiger partial charge >= 0.3 is 6.18 Å². The van der Waals surface area contributed by atoms with E-state index in [1.807, 2.05) is 0 Å². The number of anilines is 1. The fourth-order valence-electron chi connectivity index (χ4n) is 2.60. The molecule has 2 N–H and O–H groups in total. The minimum Gasteiger partial charge on any atom is -0.348 e. The molecule has 3 aromatic rings. The summed E-state index contributed by atoms with van der Waals surface area (Å²) < 4.78 is 52.4. The van der Waals surface area contributed by atoms with Gasteiger partial charge in [0.05, 0.1) is 21.2 Å². The van der Waals surface area contributed by atoms with Crippen LogP contribution in [-0.2, 0) is 12.7 Å².